The van der Waals surface area contributed by atoms with Crippen LogP contribution in [0.3, 0.4) is 0 Å². The molecule has 1 fully saturated rings. The van der Waals surface area contributed by atoms with Crippen LogP contribution in [0.4, 0.5) is 4.79 Å². The lowest BCUT2D eigenvalue weighted by atomic mass is 10.1. The maximum Gasteiger partial charge on any atom is 0.318 e. The number of benzene rings is 1. The number of morpholine rings is 1. The van der Waals surface area contributed by atoms with Gasteiger partial charge < -0.3 is 24.3 Å². The Hall–Kier alpha value is -2.54. The molecule has 1 aliphatic heterocycles. The SMILES string of the molecule is COc1cccc(C(NC(=O)N2CCOCC2)c2nccn2C)c1. The first-order chi connectivity index (χ1) is 11.7. The number of carbonyl (C=O) groups is 1. The minimum Gasteiger partial charge on any atom is -0.497 e. The third kappa shape index (κ3) is 3.51. The molecule has 0 spiro atoms. The number of carbonyl (C=O) groups excluding carboxylic acids is 1. The molecule has 2 amide bonds. The molecule has 1 unspecified atom stereocenters. The summed E-state index contributed by atoms with van der Waals surface area (Å²) in [7, 11) is 3.54. The highest BCUT2D eigenvalue weighted by atomic mass is 16.5. The van der Waals surface area contributed by atoms with Crippen molar-refractivity contribution in [3.05, 3.63) is 48.0 Å². The van der Waals surface area contributed by atoms with Gasteiger partial charge in [0.1, 0.15) is 17.6 Å². The first-order valence-electron chi connectivity index (χ1n) is 7.93. The van der Waals surface area contributed by atoms with Crippen molar-refractivity contribution in [3.8, 4) is 5.75 Å². The zero-order valence-corrected chi connectivity index (χ0v) is 13.9. The van der Waals surface area contributed by atoms with Crippen molar-refractivity contribution in [2.24, 2.45) is 7.05 Å². The van der Waals surface area contributed by atoms with Crippen molar-refractivity contribution in [1.29, 1.82) is 0 Å². The average molecular weight is 330 g/mol. The molecule has 0 bridgehead atoms. The summed E-state index contributed by atoms with van der Waals surface area (Å²) in [6.45, 7) is 2.33. The zero-order chi connectivity index (χ0) is 16.9. The molecule has 1 N–H and O–H groups in total. The van der Waals surface area contributed by atoms with E-state index in [0.717, 1.165) is 17.1 Å². The number of rotatable bonds is 4. The molecule has 7 nitrogen and oxygen atoms in total. The van der Waals surface area contributed by atoms with E-state index in [1.54, 1.807) is 18.2 Å². The number of hydrogen-bond acceptors (Lipinski definition) is 4. The molecule has 1 aromatic heterocycles. The summed E-state index contributed by atoms with van der Waals surface area (Å²) in [6.07, 6.45) is 3.59. The third-order valence-electron chi connectivity index (χ3n) is 4.11. The molecule has 0 saturated carbocycles. The van der Waals surface area contributed by atoms with E-state index in [9.17, 15) is 4.79 Å². The van der Waals surface area contributed by atoms with Crippen LogP contribution >= 0.6 is 0 Å². The van der Waals surface area contributed by atoms with Crippen LogP contribution in [0, 0.1) is 0 Å². The van der Waals surface area contributed by atoms with Crippen LogP contribution in [0.1, 0.15) is 17.4 Å². The third-order valence-corrected chi connectivity index (χ3v) is 4.11. The van der Waals surface area contributed by atoms with Gasteiger partial charge >= 0.3 is 6.03 Å². The van der Waals surface area contributed by atoms with E-state index in [2.05, 4.69) is 10.3 Å². The fourth-order valence-corrected chi connectivity index (χ4v) is 2.75. The highest BCUT2D eigenvalue weighted by Crippen LogP contribution is 2.24. The molecule has 2 aromatic rings. The molecule has 7 heteroatoms. The molecule has 128 valence electrons. The van der Waals surface area contributed by atoms with Crippen LogP contribution in [0.5, 0.6) is 5.75 Å². The van der Waals surface area contributed by atoms with E-state index in [-0.39, 0.29) is 12.1 Å². The van der Waals surface area contributed by atoms with Gasteiger partial charge in [-0.3, -0.25) is 0 Å². The predicted octanol–water partition coefficient (Wildman–Crippen LogP) is 1.56. The van der Waals surface area contributed by atoms with Crippen LogP contribution < -0.4 is 10.1 Å². The van der Waals surface area contributed by atoms with E-state index >= 15 is 0 Å². The number of hydrogen-bond donors (Lipinski definition) is 1. The fourth-order valence-electron chi connectivity index (χ4n) is 2.75. The maximum absolute atomic E-state index is 12.6. The quantitative estimate of drug-likeness (QED) is 0.924. The second kappa shape index (κ2) is 7.35. The lowest BCUT2D eigenvalue weighted by molar-refractivity contribution is 0.0527. The van der Waals surface area contributed by atoms with Gasteiger partial charge in [0.15, 0.2) is 0 Å². The number of aromatic nitrogens is 2. The molecule has 3 rings (SSSR count). The molecule has 1 aromatic carbocycles. The van der Waals surface area contributed by atoms with E-state index in [1.807, 2.05) is 42.1 Å². The summed E-state index contributed by atoms with van der Waals surface area (Å²) >= 11 is 0. The number of ether oxygens (including phenoxy) is 2. The smallest absolute Gasteiger partial charge is 0.318 e. The van der Waals surface area contributed by atoms with E-state index in [4.69, 9.17) is 9.47 Å². The van der Waals surface area contributed by atoms with E-state index < -0.39 is 0 Å². The largest absolute Gasteiger partial charge is 0.497 e. The van der Waals surface area contributed by atoms with E-state index in [0.29, 0.717) is 26.3 Å². The average Bonchev–Trinajstić information content (AvgIpc) is 3.06. The highest BCUT2D eigenvalue weighted by molar-refractivity contribution is 5.75. The number of aryl methyl sites for hydroxylation is 1. The van der Waals surface area contributed by atoms with Gasteiger partial charge in [-0.15, -0.1) is 0 Å². The molecule has 2 heterocycles. The number of nitrogens with one attached hydrogen (secondary N) is 1. The number of methoxy groups -OCH3 is 1. The number of imidazole rings is 1. The van der Waals surface area contributed by atoms with Gasteiger partial charge in [-0.25, -0.2) is 9.78 Å². The lowest BCUT2D eigenvalue weighted by Gasteiger charge is -2.29. The Kier molecular flexibility index (Phi) is 5.00. The normalized spacial score (nSPS) is 15.8. The van der Waals surface area contributed by atoms with Gasteiger partial charge in [0.25, 0.3) is 0 Å². The molecule has 24 heavy (non-hydrogen) atoms. The van der Waals surface area contributed by atoms with Gasteiger partial charge in [0.2, 0.25) is 0 Å². The second-order valence-electron chi connectivity index (χ2n) is 5.65. The minimum atomic E-state index is -0.351. The Morgan fingerprint density at radius 3 is 2.83 bits per heavy atom. The summed E-state index contributed by atoms with van der Waals surface area (Å²) in [5, 5.41) is 3.09. The standard InChI is InChI=1S/C17H22N4O3/c1-20-7-6-18-16(20)15(13-4-3-5-14(12-13)23-2)19-17(22)21-8-10-24-11-9-21/h3-7,12,15H,8-11H2,1-2H3,(H,19,22). The number of amides is 2. The Morgan fingerprint density at radius 1 is 1.38 bits per heavy atom. The van der Waals surface area contributed by atoms with Crippen molar-refractivity contribution in [1.82, 2.24) is 19.8 Å². The van der Waals surface area contributed by atoms with Crippen molar-refractivity contribution in [3.63, 3.8) is 0 Å². The highest BCUT2D eigenvalue weighted by Gasteiger charge is 2.25. The van der Waals surface area contributed by atoms with Gasteiger partial charge in [0.05, 0.1) is 20.3 Å². The van der Waals surface area contributed by atoms with Crippen molar-refractivity contribution < 1.29 is 14.3 Å². The number of urea groups is 1. The van der Waals surface area contributed by atoms with E-state index in [1.165, 1.54) is 0 Å². The summed E-state index contributed by atoms with van der Waals surface area (Å²) < 4.78 is 12.5. The summed E-state index contributed by atoms with van der Waals surface area (Å²) in [6, 6.07) is 7.19. The second-order valence-corrected chi connectivity index (χ2v) is 5.65. The van der Waals surface area contributed by atoms with Crippen molar-refractivity contribution >= 4 is 6.03 Å². The Balaban J connectivity index is 1.87. The molecule has 0 aliphatic carbocycles. The topological polar surface area (TPSA) is 68.6 Å². The number of nitrogens with zero attached hydrogens (tertiary/aromatic N) is 3. The molecular weight excluding hydrogens is 308 g/mol. The Bertz CT molecular complexity index is 695. The van der Waals surface area contributed by atoms with Gasteiger partial charge in [0, 0.05) is 32.5 Å². The van der Waals surface area contributed by atoms with Crippen LogP contribution in [-0.4, -0.2) is 53.9 Å². The lowest BCUT2D eigenvalue weighted by Crippen LogP contribution is -2.47. The van der Waals surface area contributed by atoms with Gasteiger partial charge in [-0.2, -0.15) is 0 Å². The molecule has 0 radical (unpaired) electrons. The molecule has 1 aliphatic rings. The fraction of sp³-hybridized carbons (Fsp3) is 0.412. The predicted molar refractivity (Wildman–Crippen MR) is 89.0 cm³/mol. The molecule has 1 atom stereocenters. The minimum absolute atomic E-state index is 0.117. The maximum atomic E-state index is 12.6. The van der Waals surface area contributed by atoms with Gasteiger partial charge in [-0.05, 0) is 17.7 Å². The van der Waals surface area contributed by atoms with Crippen LogP contribution in [0.15, 0.2) is 36.7 Å². The summed E-state index contributed by atoms with van der Waals surface area (Å²) in [4.78, 5) is 18.8. The molecular formula is C17H22N4O3. The van der Waals surface area contributed by atoms with Crippen molar-refractivity contribution in [2.45, 2.75) is 6.04 Å². The van der Waals surface area contributed by atoms with Crippen LogP contribution in [-0.2, 0) is 11.8 Å². The monoisotopic (exact) mass is 330 g/mol. The van der Waals surface area contributed by atoms with Gasteiger partial charge in [-0.1, -0.05) is 12.1 Å². The summed E-state index contributed by atoms with van der Waals surface area (Å²) in [5.41, 5.74) is 0.922. The molecule has 1 saturated heterocycles. The van der Waals surface area contributed by atoms with Crippen molar-refractivity contribution in [2.75, 3.05) is 33.4 Å². The first-order valence-corrected chi connectivity index (χ1v) is 7.93. The first kappa shape index (κ1) is 16.3. The Morgan fingerprint density at radius 2 is 2.17 bits per heavy atom. The Labute approximate surface area is 141 Å². The van der Waals surface area contributed by atoms with Crippen LogP contribution in [0.2, 0.25) is 0 Å². The zero-order valence-electron chi connectivity index (χ0n) is 13.9. The summed E-state index contributed by atoms with van der Waals surface area (Å²) in [5.74, 6) is 1.51. The van der Waals surface area contributed by atoms with Crippen LogP contribution in [0.25, 0.3) is 0 Å².